The molecule has 1 aliphatic carbocycles. The molecule has 1 unspecified atom stereocenters. The highest BCUT2D eigenvalue weighted by atomic mass is 16.2. The molecule has 2 bridgehead atoms. The Balaban J connectivity index is 1.20. The van der Waals surface area contributed by atoms with Gasteiger partial charge in [0.05, 0.1) is 0 Å². The van der Waals surface area contributed by atoms with Gasteiger partial charge in [-0.05, 0) is 88.7 Å². The van der Waals surface area contributed by atoms with Gasteiger partial charge in [0.2, 0.25) is 5.95 Å². The van der Waals surface area contributed by atoms with Gasteiger partial charge in [-0.25, -0.2) is 9.97 Å². The summed E-state index contributed by atoms with van der Waals surface area (Å²) in [7, 11) is 3.55. The summed E-state index contributed by atoms with van der Waals surface area (Å²) in [5, 5.41) is 4.06. The zero-order chi connectivity index (χ0) is 26.9. The molecule has 206 valence electrons. The first-order chi connectivity index (χ1) is 19.0. The van der Waals surface area contributed by atoms with E-state index in [-0.39, 0.29) is 23.7 Å². The molecule has 6 heterocycles. The van der Waals surface area contributed by atoms with Gasteiger partial charge < -0.3 is 19.7 Å². The number of nitrogens with one attached hydrogen (secondary N) is 1. The van der Waals surface area contributed by atoms with E-state index in [1.165, 1.54) is 25.9 Å². The third-order valence-corrected chi connectivity index (χ3v) is 8.97. The van der Waals surface area contributed by atoms with Gasteiger partial charge >= 0.3 is 0 Å². The largest absolute Gasteiger partial charge is 0.343 e. The molecule has 1 N–H and O–H groups in total. The molecule has 0 spiro atoms. The van der Waals surface area contributed by atoms with Crippen molar-refractivity contribution in [3.63, 3.8) is 0 Å². The quantitative estimate of drug-likeness (QED) is 0.445. The Labute approximate surface area is 230 Å². The van der Waals surface area contributed by atoms with Crippen molar-refractivity contribution in [1.29, 1.82) is 0 Å². The smallest absolute Gasteiger partial charge is 0.270 e. The number of amides is 1. The van der Waals surface area contributed by atoms with E-state index in [0.29, 0.717) is 23.0 Å². The SMILES string of the molecule is CN(C)C(=O)c1cc2cnc(Nc3ccc(C(=O)C4CCC5CCN(CC5)CC4)cn3)nc2n1C1CCCC1. The summed E-state index contributed by atoms with van der Waals surface area (Å²) < 4.78 is 2.10. The zero-order valence-corrected chi connectivity index (χ0v) is 23.1. The maximum Gasteiger partial charge on any atom is 0.270 e. The third kappa shape index (κ3) is 5.41. The van der Waals surface area contributed by atoms with Gasteiger partial charge in [0, 0.05) is 49.4 Å². The Morgan fingerprint density at radius 1 is 0.923 bits per heavy atom. The molecule has 9 heteroatoms. The average molecular weight is 530 g/mol. The lowest BCUT2D eigenvalue weighted by molar-refractivity contribution is 0.0814. The zero-order valence-electron chi connectivity index (χ0n) is 23.1. The highest BCUT2D eigenvalue weighted by Crippen LogP contribution is 2.35. The van der Waals surface area contributed by atoms with Gasteiger partial charge in [-0.15, -0.1) is 0 Å². The van der Waals surface area contributed by atoms with Crippen LogP contribution in [0.4, 0.5) is 11.8 Å². The topological polar surface area (TPSA) is 96.2 Å². The number of carbonyl (C=O) groups is 2. The van der Waals surface area contributed by atoms with Gasteiger partial charge in [-0.2, -0.15) is 4.98 Å². The Morgan fingerprint density at radius 2 is 1.69 bits per heavy atom. The van der Waals surface area contributed by atoms with E-state index in [1.807, 2.05) is 18.2 Å². The number of fused-ring (bicyclic) bond motifs is 7. The van der Waals surface area contributed by atoms with Crippen molar-refractivity contribution in [3.8, 4) is 0 Å². The first kappa shape index (κ1) is 25.9. The summed E-state index contributed by atoms with van der Waals surface area (Å²) in [6.07, 6.45) is 13.5. The van der Waals surface area contributed by atoms with Crippen molar-refractivity contribution in [2.75, 3.05) is 39.0 Å². The summed E-state index contributed by atoms with van der Waals surface area (Å²) in [6, 6.07) is 5.86. The predicted octanol–water partition coefficient (Wildman–Crippen LogP) is 5.08. The summed E-state index contributed by atoms with van der Waals surface area (Å²) in [5.74, 6) is 2.04. The first-order valence-electron chi connectivity index (χ1n) is 14.6. The second kappa shape index (κ2) is 11.0. The predicted molar refractivity (Wildman–Crippen MR) is 151 cm³/mol. The average Bonchev–Trinajstić information content (AvgIpc) is 3.63. The van der Waals surface area contributed by atoms with Crippen LogP contribution in [0.1, 0.15) is 84.7 Å². The Bertz CT molecular complexity index is 1320. The number of pyridine rings is 1. The number of hydrogen-bond donors (Lipinski definition) is 1. The molecule has 3 aromatic heterocycles. The molecule has 4 fully saturated rings. The highest BCUT2D eigenvalue weighted by Gasteiger charge is 2.29. The number of Topliss-reactive ketones (excluding diaryl/α,β-unsaturated/α-hetero) is 1. The summed E-state index contributed by atoms with van der Waals surface area (Å²) in [6.45, 7) is 3.38. The minimum Gasteiger partial charge on any atom is -0.343 e. The van der Waals surface area contributed by atoms with Crippen molar-refractivity contribution < 1.29 is 9.59 Å². The van der Waals surface area contributed by atoms with Crippen LogP contribution in [0.3, 0.4) is 0 Å². The molecule has 1 saturated carbocycles. The maximum atomic E-state index is 13.4. The van der Waals surface area contributed by atoms with Crippen LogP contribution in [0, 0.1) is 11.8 Å². The fourth-order valence-corrected chi connectivity index (χ4v) is 6.64. The number of piperidine rings is 1. The van der Waals surface area contributed by atoms with Crippen LogP contribution in [0.2, 0.25) is 0 Å². The number of rotatable bonds is 6. The number of carbonyl (C=O) groups excluding carboxylic acids is 2. The lowest BCUT2D eigenvalue weighted by Gasteiger charge is -2.30. The van der Waals surface area contributed by atoms with Crippen molar-refractivity contribution in [1.82, 2.24) is 29.3 Å². The second-order valence-electron chi connectivity index (χ2n) is 11.8. The maximum absolute atomic E-state index is 13.4. The molecule has 3 aromatic rings. The third-order valence-electron chi connectivity index (χ3n) is 8.97. The number of ketones is 1. The molecule has 9 nitrogen and oxygen atoms in total. The van der Waals surface area contributed by atoms with Gasteiger partial charge in [-0.3, -0.25) is 9.59 Å². The van der Waals surface area contributed by atoms with Crippen LogP contribution >= 0.6 is 0 Å². The van der Waals surface area contributed by atoms with Crippen LogP contribution < -0.4 is 5.32 Å². The number of aromatic nitrogens is 4. The van der Waals surface area contributed by atoms with E-state index < -0.39 is 0 Å². The minimum absolute atomic E-state index is 0.0268. The molecule has 1 atom stereocenters. The van der Waals surface area contributed by atoms with Gasteiger partial charge in [0.25, 0.3) is 5.91 Å². The van der Waals surface area contributed by atoms with E-state index >= 15 is 0 Å². The Hall–Kier alpha value is -3.33. The lowest BCUT2D eigenvalue weighted by atomic mass is 9.86. The standard InChI is InChI=1S/C30H39N7O2/c1-35(2)29(39)25-17-23-19-32-30(34-28(23)37(25)24-5-3-4-6-24)33-26-10-9-22(18-31-26)27(38)21-8-7-20-11-14-36(15-12-20)16-13-21/h9-10,17-21,24H,3-8,11-16H2,1-2H3,(H,31,32,33,34). The van der Waals surface area contributed by atoms with Crippen molar-refractivity contribution in [2.45, 2.75) is 63.8 Å². The lowest BCUT2D eigenvalue weighted by Crippen LogP contribution is -2.33. The molecule has 1 amide bonds. The van der Waals surface area contributed by atoms with Crippen LogP contribution in [0.25, 0.3) is 11.0 Å². The van der Waals surface area contributed by atoms with Gasteiger partial charge in [0.15, 0.2) is 5.78 Å². The molecule has 3 aliphatic heterocycles. The summed E-state index contributed by atoms with van der Waals surface area (Å²) in [5.41, 5.74) is 2.09. The van der Waals surface area contributed by atoms with E-state index in [1.54, 1.807) is 31.4 Å². The van der Waals surface area contributed by atoms with Crippen molar-refractivity contribution in [2.24, 2.45) is 11.8 Å². The molecule has 0 aromatic carbocycles. The van der Waals surface area contributed by atoms with Crippen LogP contribution in [0.15, 0.2) is 30.6 Å². The molecule has 3 saturated heterocycles. The first-order valence-corrected chi connectivity index (χ1v) is 14.6. The minimum atomic E-state index is -0.0268. The van der Waals surface area contributed by atoms with E-state index in [0.717, 1.165) is 68.4 Å². The number of nitrogens with zero attached hydrogens (tertiary/aromatic N) is 6. The number of hydrogen-bond acceptors (Lipinski definition) is 7. The van der Waals surface area contributed by atoms with Gasteiger partial charge in [-0.1, -0.05) is 12.8 Å². The van der Waals surface area contributed by atoms with E-state index in [4.69, 9.17) is 4.98 Å². The Kier molecular flexibility index (Phi) is 7.34. The normalized spacial score (nSPS) is 23.8. The fraction of sp³-hybridized carbons (Fsp3) is 0.567. The molecule has 39 heavy (non-hydrogen) atoms. The molecular weight excluding hydrogens is 490 g/mol. The van der Waals surface area contributed by atoms with Crippen molar-refractivity contribution in [3.05, 3.63) is 41.9 Å². The molecule has 0 radical (unpaired) electrons. The van der Waals surface area contributed by atoms with E-state index in [2.05, 4.69) is 24.8 Å². The molecular formula is C30H39N7O2. The van der Waals surface area contributed by atoms with Gasteiger partial charge in [0.1, 0.15) is 17.2 Å². The van der Waals surface area contributed by atoms with Crippen LogP contribution in [0.5, 0.6) is 0 Å². The molecule has 7 rings (SSSR count). The highest BCUT2D eigenvalue weighted by molar-refractivity contribution is 5.98. The fourth-order valence-electron chi connectivity index (χ4n) is 6.64. The Morgan fingerprint density at radius 3 is 2.41 bits per heavy atom. The summed E-state index contributed by atoms with van der Waals surface area (Å²) >= 11 is 0. The van der Waals surface area contributed by atoms with E-state index in [9.17, 15) is 9.59 Å². The second-order valence-corrected chi connectivity index (χ2v) is 11.8. The van der Waals surface area contributed by atoms with Crippen LogP contribution in [-0.4, -0.2) is 74.7 Å². The van der Waals surface area contributed by atoms with Crippen molar-refractivity contribution >= 4 is 34.5 Å². The number of anilines is 2. The summed E-state index contributed by atoms with van der Waals surface area (Å²) in [4.78, 5) is 44.3. The monoisotopic (exact) mass is 529 g/mol. The molecule has 4 aliphatic rings. The van der Waals surface area contributed by atoms with Crippen LogP contribution in [-0.2, 0) is 0 Å².